The van der Waals surface area contributed by atoms with Crippen molar-refractivity contribution in [2.24, 2.45) is 0 Å². The Balaban J connectivity index is 1.85. The third-order valence-electron chi connectivity index (χ3n) is 4.79. The second kappa shape index (κ2) is 9.96. The first-order valence-corrected chi connectivity index (χ1v) is 9.95. The molecule has 3 rings (SSSR count). The minimum Gasteiger partial charge on any atom is -0.354 e. The van der Waals surface area contributed by atoms with Crippen LogP contribution in [-0.2, 0) is 0 Å². The molecule has 0 saturated heterocycles. The average Bonchev–Trinajstić information content (AvgIpc) is 2.75. The highest BCUT2D eigenvalue weighted by Gasteiger charge is 2.27. The first-order chi connectivity index (χ1) is 14.5. The Morgan fingerprint density at radius 1 is 0.900 bits per heavy atom. The van der Waals surface area contributed by atoms with E-state index in [9.17, 15) is 10.1 Å². The van der Waals surface area contributed by atoms with Crippen LogP contribution in [0.15, 0.2) is 84.9 Å². The van der Waals surface area contributed by atoms with Crippen molar-refractivity contribution in [1.29, 1.82) is 0 Å². The first kappa shape index (κ1) is 21.4. The minimum absolute atomic E-state index is 0.0326. The SMILES string of the molecule is CN(C)[C@@H](c1ccccc1)[C@@H](NC(=S)Nc1ccc([N+](=O)[O-])cc1)c1ccccc1. The summed E-state index contributed by atoms with van der Waals surface area (Å²) in [5, 5.41) is 17.9. The zero-order valence-electron chi connectivity index (χ0n) is 16.9. The lowest BCUT2D eigenvalue weighted by atomic mass is 9.92. The lowest BCUT2D eigenvalue weighted by Crippen LogP contribution is -2.40. The van der Waals surface area contributed by atoms with Gasteiger partial charge in [-0.25, -0.2) is 0 Å². The third-order valence-corrected chi connectivity index (χ3v) is 5.01. The molecule has 2 N–H and O–H groups in total. The molecule has 0 aliphatic carbocycles. The number of thiocarbonyl (C=S) groups is 1. The molecule has 3 aromatic carbocycles. The number of nitro benzene ring substituents is 1. The van der Waals surface area contributed by atoms with Crippen molar-refractivity contribution in [3.05, 3.63) is 106 Å². The topological polar surface area (TPSA) is 70.4 Å². The Hall–Kier alpha value is -3.29. The molecule has 0 heterocycles. The predicted molar refractivity (Wildman–Crippen MR) is 125 cm³/mol. The number of nitro groups is 1. The molecular formula is C23H24N4O2S. The molecule has 30 heavy (non-hydrogen) atoms. The Morgan fingerprint density at radius 3 is 1.93 bits per heavy atom. The average molecular weight is 421 g/mol. The number of nitrogens with one attached hydrogen (secondary N) is 2. The molecule has 7 heteroatoms. The van der Waals surface area contributed by atoms with Gasteiger partial charge >= 0.3 is 0 Å². The van der Waals surface area contributed by atoms with Gasteiger partial charge in [0.15, 0.2) is 5.11 Å². The van der Waals surface area contributed by atoms with Gasteiger partial charge in [0.25, 0.3) is 5.69 Å². The normalized spacial score (nSPS) is 12.8. The quantitative estimate of drug-likeness (QED) is 0.321. The fraction of sp³-hybridized carbons (Fsp3) is 0.174. The predicted octanol–water partition coefficient (Wildman–Crippen LogP) is 4.93. The van der Waals surface area contributed by atoms with Gasteiger partial charge in [-0.15, -0.1) is 0 Å². The molecule has 0 amide bonds. The van der Waals surface area contributed by atoms with Gasteiger partial charge in [-0.1, -0.05) is 60.7 Å². The molecule has 3 aromatic rings. The van der Waals surface area contributed by atoms with Crippen LogP contribution in [0.25, 0.3) is 0 Å². The van der Waals surface area contributed by atoms with E-state index in [0.29, 0.717) is 10.8 Å². The summed E-state index contributed by atoms with van der Waals surface area (Å²) >= 11 is 5.58. The van der Waals surface area contributed by atoms with Crippen LogP contribution in [0.1, 0.15) is 23.2 Å². The van der Waals surface area contributed by atoms with Crippen LogP contribution < -0.4 is 10.6 Å². The van der Waals surface area contributed by atoms with Crippen molar-refractivity contribution in [1.82, 2.24) is 10.2 Å². The van der Waals surface area contributed by atoms with Crippen molar-refractivity contribution >= 4 is 28.7 Å². The molecule has 0 aromatic heterocycles. The summed E-state index contributed by atoms with van der Waals surface area (Å²) in [5.74, 6) is 0. The van der Waals surface area contributed by atoms with Gasteiger partial charge in [-0.05, 0) is 49.6 Å². The summed E-state index contributed by atoms with van der Waals surface area (Å²) in [4.78, 5) is 12.6. The van der Waals surface area contributed by atoms with E-state index in [1.807, 2.05) is 50.5 Å². The zero-order valence-corrected chi connectivity index (χ0v) is 17.7. The molecule has 0 radical (unpaired) electrons. The fourth-order valence-electron chi connectivity index (χ4n) is 3.42. The summed E-state index contributed by atoms with van der Waals surface area (Å²) in [6.07, 6.45) is 0. The van der Waals surface area contributed by atoms with Crippen LogP contribution in [0.3, 0.4) is 0 Å². The van der Waals surface area contributed by atoms with E-state index in [0.717, 1.165) is 5.56 Å². The number of benzene rings is 3. The van der Waals surface area contributed by atoms with Gasteiger partial charge in [-0.2, -0.15) is 0 Å². The number of anilines is 1. The Bertz CT molecular complexity index is 979. The number of rotatable bonds is 7. The van der Waals surface area contributed by atoms with Gasteiger partial charge in [0.2, 0.25) is 0 Å². The van der Waals surface area contributed by atoms with Crippen molar-refractivity contribution < 1.29 is 4.92 Å². The van der Waals surface area contributed by atoms with Crippen molar-refractivity contribution in [2.75, 3.05) is 19.4 Å². The van der Waals surface area contributed by atoms with Crippen LogP contribution in [0, 0.1) is 10.1 Å². The van der Waals surface area contributed by atoms with Gasteiger partial charge in [0.1, 0.15) is 0 Å². The number of hydrogen-bond acceptors (Lipinski definition) is 4. The van der Waals surface area contributed by atoms with E-state index in [1.54, 1.807) is 12.1 Å². The monoisotopic (exact) mass is 420 g/mol. The molecule has 0 fully saturated rings. The highest BCUT2D eigenvalue weighted by atomic mass is 32.1. The van der Waals surface area contributed by atoms with Gasteiger partial charge < -0.3 is 15.5 Å². The smallest absolute Gasteiger partial charge is 0.269 e. The van der Waals surface area contributed by atoms with E-state index in [4.69, 9.17) is 12.2 Å². The standard InChI is InChI=1S/C23H24N4O2S/c1-26(2)22(18-11-7-4-8-12-18)21(17-9-5-3-6-10-17)25-23(30)24-19-13-15-20(16-14-19)27(28)29/h3-16,21-22H,1-2H3,(H2,24,25,30)/t21-,22-/m0/s1. The van der Waals surface area contributed by atoms with Crippen LogP contribution in [-0.4, -0.2) is 29.0 Å². The summed E-state index contributed by atoms with van der Waals surface area (Å²) in [7, 11) is 4.09. The maximum absolute atomic E-state index is 10.9. The molecule has 0 spiro atoms. The summed E-state index contributed by atoms with van der Waals surface area (Å²) in [5.41, 5.74) is 3.00. The molecule has 0 aliphatic heterocycles. The number of nitrogens with zero attached hydrogens (tertiary/aromatic N) is 2. The van der Waals surface area contributed by atoms with Gasteiger partial charge in [-0.3, -0.25) is 10.1 Å². The summed E-state index contributed by atoms with van der Waals surface area (Å²) < 4.78 is 0. The molecule has 0 aliphatic rings. The highest BCUT2D eigenvalue weighted by molar-refractivity contribution is 7.80. The molecule has 0 saturated carbocycles. The molecule has 154 valence electrons. The Morgan fingerprint density at radius 2 is 1.43 bits per heavy atom. The lowest BCUT2D eigenvalue weighted by Gasteiger charge is -2.34. The second-order valence-electron chi connectivity index (χ2n) is 7.11. The maximum atomic E-state index is 10.9. The molecule has 0 unspecified atom stereocenters. The van der Waals surface area contributed by atoms with Crippen molar-refractivity contribution in [2.45, 2.75) is 12.1 Å². The van der Waals surface area contributed by atoms with Crippen LogP contribution in [0.2, 0.25) is 0 Å². The zero-order chi connectivity index (χ0) is 21.5. The van der Waals surface area contributed by atoms with E-state index >= 15 is 0 Å². The van der Waals surface area contributed by atoms with E-state index in [-0.39, 0.29) is 17.8 Å². The van der Waals surface area contributed by atoms with Crippen molar-refractivity contribution in [3.8, 4) is 0 Å². The highest BCUT2D eigenvalue weighted by Crippen LogP contribution is 2.32. The minimum atomic E-state index is -0.423. The molecular weight excluding hydrogens is 396 g/mol. The number of non-ortho nitro benzene ring substituents is 1. The largest absolute Gasteiger partial charge is 0.354 e. The number of likely N-dealkylation sites (N-methyl/N-ethyl adjacent to an activating group) is 1. The second-order valence-corrected chi connectivity index (χ2v) is 7.52. The molecule has 0 bridgehead atoms. The number of hydrogen-bond donors (Lipinski definition) is 2. The molecule has 6 nitrogen and oxygen atoms in total. The summed E-state index contributed by atoms with van der Waals surface area (Å²) in [6.45, 7) is 0. The Labute approximate surface area is 181 Å². The van der Waals surface area contributed by atoms with Crippen molar-refractivity contribution in [3.63, 3.8) is 0 Å². The fourth-order valence-corrected chi connectivity index (χ4v) is 3.66. The van der Waals surface area contributed by atoms with Crippen LogP contribution >= 0.6 is 12.2 Å². The van der Waals surface area contributed by atoms with Crippen LogP contribution in [0.5, 0.6) is 0 Å². The maximum Gasteiger partial charge on any atom is 0.269 e. The molecule has 2 atom stereocenters. The lowest BCUT2D eigenvalue weighted by molar-refractivity contribution is -0.384. The van der Waals surface area contributed by atoms with Crippen LogP contribution in [0.4, 0.5) is 11.4 Å². The summed E-state index contributed by atoms with van der Waals surface area (Å²) in [6, 6.07) is 26.5. The van der Waals surface area contributed by atoms with Gasteiger partial charge in [0.05, 0.1) is 17.0 Å². The van der Waals surface area contributed by atoms with E-state index in [1.165, 1.54) is 17.7 Å². The Kier molecular flexibility index (Phi) is 7.11. The van der Waals surface area contributed by atoms with Gasteiger partial charge in [0, 0.05) is 17.8 Å². The first-order valence-electron chi connectivity index (χ1n) is 9.54. The third kappa shape index (κ3) is 5.40. The van der Waals surface area contributed by atoms with E-state index < -0.39 is 4.92 Å². The van der Waals surface area contributed by atoms with E-state index in [2.05, 4.69) is 39.8 Å².